The number of carbonyl (C=O) groups is 1. The lowest BCUT2D eigenvalue weighted by atomic mass is 9.72. The molecule has 1 heterocycles. The minimum Gasteiger partial charge on any atom is -0.380 e. The molecule has 1 aliphatic rings. The third kappa shape index (κ3) is 4.25. The van der Waals surface area contributed by atoms with Gasteiger partial charge in [0.25, 0.3) is 0 Å². The number of piperidine rings is 1. The van der Waals surface area contributed by atoms with Crippen LogP contribution in [0.3, 0.4) is 0 Å². The normalized spacial score (nSPS) is 19.3. The van der Waals surface area contributed by atoms with Gasteiger partial charge in [0.2, 0.25) is 5.91 Å². The molecule has 4 heteroatoms. The van der Waals surface area contributed by atoms with E-state index in [2.05, 4.69) is 20.8 Å². The van der Waals surface area contributed by atoms with Crippen LogP contribution in [0.4, 0.5) is 0 Å². The van der Waals surface area contributed by atoms with Gasteiger partial charge in [-0.05, 0) is 24.2 Å². The minimum absolute atomic E-state index is 0.220. The fourth-order valence-electron chi connectivity index (χ4n) is 2.35. The molecular formula is C14H28N2O2. The third-order valence-corrected chi connectivity index (χ3v) is 4.37. The molecule has 4 nitrogen and oxygen atoms in total. The first-order chi connectivity index (χ1) is 8.49. The summed E-state index contributed by atoms with van der Waals surface area (Å²) in [7, 11) is 0. The molecule has 18 heavy (non-hydrogen) atoms. The summed E-state index contributed by atoms with van der Waals surface area (Å²) < 4.78 is 5.25. The number of nitrogens with two attached hydrogens (primary N) is 1. The standard InChI is InChI=1S/C14H28N2O2/c1-12(2)14(3)5-8-16(9-6-14)13(17)4-10-18-11-7-15/h12H,4-11,15H2,1-3H3. The van der Waals surface area contributed by atoms with Crippen LogP contribution in [0.2, 0.25) is 0 Å². The smallest absolute Gasteiger partial charge is 0.224 e. The molecule has 0 spiro atoms. The Hall–Kier alpha value is -0.610. The quantitative estimate of drug-likeness (QED) is 0.735. The predicted molar refractivity (Wildman–Crippen MR) is 73.2 cm³/mol. The second-order valence-electron chi connectivity index (χ2n) is 5.84. The summed E-state index contributed by atoms with van der Waals surface area (Å²) in [5, 5.41) is 0. The summed E-state index contributed by atoms with van der Waals surface area (Å²) >= 11 is 0. The van der Waals surface area contributed by atoms with Crippen molar-refractivity contribution in [3.05, 3.63) is 0 Å². The largest absolute Gasteiger partial charge is 0.380 e. The van der Waals surface area contributed by atoms with Crippen LogP contribution in [0.1, 0.15) is 40.0 Å². The van der Waals surface area contributed by atoms with Crippen LogP contribution in [-0.4, -0.2) is 43.7 Å². The Bertz CT molecular complexity index is 259. The fraction of sp³-hybridized carbons (Fsp3) is 0.929. The molecule has 1 fully saturated rings. The Morgan fingerprint density at radius 2 is 1.94 bits per heavy atom. The van der Waals surface area contributed by atoms with E-state index in [1.165, 1.54) is 0 Å². The highest BCUT2D eigenvalue weighted by atomic mass is 16.5. The highest BCUT2D eigenvalue weighted by molar-refractivity contribution is 5.76. The van der Waals surface area contributed by atoms with Crippen molar-refractivity contribution in [2.45, 2.75) is 40.0 Å². The van der Waals surface area contributed by atoms with E-state index >= 15 is 0 Å². The zero-order valence-electron chi connectivity index (χ0n) is 12.1. The first kappa shape index (κ1) is 15.4. The number of hydrogen-bond donors (Lipinski definition) is 1. The lowest BCUT2D eigenvalue weighted by Crippen LogP contribution is -2.44. The first-order valence-corrected chi connectivity index (χ1v) is 7.05. The molecule has 1 saturated heterocycles. The van der Waals surface area contributed by atoms with Crippen molar-refractivity contribution < 1.29 is 9.53 Å². The summed E-state index contributed by atoms with van der Waals surface area (Å²) in [6, 6.07) is 0. The van der Waals surface area contributed by atoms with Crippen molar-refractivity contribution in [1.82, 2.24) is 4.90 Å². The number of ether oxygens (including phenoxy) is 1. The maximum absolute atomic E-state index is 12.0. The van der Waals surface area contributed by atoms with Gasteiger partial charge in [0, 0.05) is 19.6 Å². The number of nitrogens with zero attached hydrogens (tertiary/aromatic N) is 1. The molecule has 0 bridgehead atoms. The van der Waals surface area contributed by atoms with Crippen molar-refractivity contribution in [2.24, 2.45) is 17.1 Å². The number of hydrogen-bond acceptors (Lipinski definition) is 3. The molecule has 0 aliphatic carbocycles. The van der Waals surface area contributed by atoms with E-state index in [4.69, 9.17) is 10.5 Å². The number of likely N-dealkylation sites (tertiary alicyclic amines) is 1. The fourth-order valence-corrected chi connectivity index (χ4v) is 2.35. The van der Waals surface area contributed by atoms with Gasteiger partial charge in [-0.1, -0.05) is 20.8 Å². The average molecular weight is 256 g/mol. The van der Waals surface area contributed by atoms with Crippen LogP contribution in [0.15, 0.2) is 0 Å². The van der Waals surface area contributed by atoms with E-state index in [1.54, 1.807) is 0 Å². The highest BCUT2D eigenvalue weighted by Crippen LogP contribution is 2.37. The van der Waals surface area contributed by atoms with Gasteiger partial charge in [-0.25, -0.2) is 0 Å². The summed E-state index contributed by atoms with van der Waals surface area (Å²) in [5.41, 5.74) is 5.72. The van der Waals surface area contributed by atoms with Crippen molar-refractivity contribution in [3.63, 3.8) is 0 Å². The van der Waals surface area contributed by atoms with Crippen molar-refractivity contribution in [3.8, 4) is 0 Å². The van der Waals surface area contributed by atoms with Gasteiger partial charge in [0.1, 0.15) is 0 Å². The topological polar surface area (TPSA) is 55.6 Å². The maximum atomic E-state index is 12.0. The van der Waals surface area contributed by atoms with Gasteiger partial charge in [-0.15, -0.1) is 0 Å². The van der Waals surface area contributed by atoms with Crippen LogP contribution in [0.25, 0.3) is 0 Å². The van der Waals surface area contributed by atoms with Crippen molar-refractivity contribution in [1.29, 1.82) is 0 Å². The van der Waals surface area contributed by atoms with Crippen molar-refractivity contribution >= 4 is 5.91 Å². The van der Waals surface area contributed by atoms with Gasteiger partial charge in [-0.3, -0.25) is 4.79 Å². The van der Waals surface area contributed by atoms with E-state index in [-0.39, 0.29) is 5.91 Å². The maximum Gasteiger partial charge on any atom is 0.224 e. The summed E-state index contributed by atoms with van der Waals surface area (Å²) in [6.07, 6.45) is 2.71. The molecule has 0 aromatic rings. The lowest BCUT2D eigenvalue weighted by molar-refractivity contribution is -0.135. The molecule has 0 aromatic heterocycles. The molecule has 0 atom stereocenters. The predicted octanol–water partition coefficient (Wildman–Crippen LogP) is 1.64. The van der Waals surface area contributed by atoms with E-state index in [1.807, 2.05) is 4.90 Å². The highest BCUT2D eigenvalue weighted by Gasteiger charge is 2.33. The van der Waals surface area contributed by atoms with Crippen LogP contribution in [0, 0.1) is 11.3 Å². The van der Waals surface area contributed by atoms with Gasteiger partial charge in [0.05, 0.1) is 19.6 Å². The molecule has 0 saturated carbocycles. The van der Waals surface area contributed by atoms with E-state index in [0.717, 1.165) is 25.9 Å². The lowest BCUT2D eigenvalue weighted by Gasteiger charge is -2.42. The second-order valence-corrected chi connectivity index (χ2v) is 5.84. The Morgan fingerprint density at radius 1 is 1.33 bits per heavy atom. The van der Waals surface area contributed by atoms with Crippen LogP contribution >= 0.6 is 0 Å². The van der Waals surface area contributed by atoms with Gasteiger partial charge in [-0.2, -0.15) is 0 Å². The van der Waals surface area contributed by atoms with Crippen molar-refractivity contribution in [2.75, 3.05) is 32.8 Å². The minimum atomic E-state index is 0.220. The zero-order chi connectivity index (χ0) is 13.6. The summed E-state index contributed by atoms with van der Waals surface area (Å²) in [4.78, 5) is 13.9. The summed E-state index contributed by atoms with van der Waals surface area (Å²) in [6.45, 7) is 10.2. The van der Waals surface area contributed by atoms with Crippen LogP contribution in [0.5, 0.6) is 0 Å². The molecular weight excluding hydrogens is 228 g/mol. The second kappa shape index (κ2) is 7.10. The Kier molecular flexibility index (Phi) is 6.09. The Morgan fingerprint density at radius 3 is 2.44 bits per heavy atom. The molecule has 0 radical (unpaired) electrons. The third-order valence-electron chi connectivity index (χ3n) is 4.37. The molecule has 0 unspecified atom stereocenters. The van der Waals surface area contributed by atoms with Gasteiger partial charge < -0.3 is 15.4 Å². The SMILES string of the molecule is CC(C)C1(C)CCN(C(=O)CCOCCN)CC1. The van der Waals surface area contributed by atoms with E-state index in [0.29, 0.717) is 37.5 Å². The first-order valence-electron chi connectivity index (χ1n) is 7.05. The Labute approximate surface area is 111 Å². The molecule has 1 rings (SSSR count). The molecule has 1 aliphatic heterocycles. The van der Waals surface area contributed by atoms with Gasteiger partial charge in [0.15, 0.2) is 0 Å². The number of amides is 1. The molecule has 1 amide bonds. The molecule has 2 N–H and O–H groups in total. The average Bonchev–Trinajstić information content (AvgIpc) is 2.35. The summed E-state index contributed by atoms with van der Waals surface area (Å²) in [5.74, 6) is 0.903. The number of rotatable bonds is 6. The van der Waals surface area contributed by atoms with E-state index in [9.17, 15) is 4.79 Å². The number of carbonyl (C=O) groups excluding carboxylic acids is 1. The Balaban J connectivity index is 2.27. The monoisotopic (exact) mass is 256 g/mol. The van der Waals surface area contributed by atoms with Crippen LogP contribution < -0.4 is 5.73 Å². The van der Waals surface area contributed by atoms with Gasteiger partial charge >= 0.3 is 0 Å². The molecule has 106 valence electrons. The zero-order valence-corrected chi connectivity index (χ0v) is 12.1. The van der Waals surface area contributed by atoms with Crippen LogP contribution in [-0.2, 0) is 9.53 Å². The molecule has 0 aromatic carbocycles. The van der Waals surface area contributed by atoms with E-state index < -0.39 is 0 Å².